The van der Waals surface area contributed by atoms with Crippen LogP contribution in [-0.4, -0.2) is 13.4 Å². The van der Waals surface area contributed by atoms with E-state index in [-0.39, 0.29) is 10.3 Å². The van der Waals surface area contributed by atoms with E-state index < -0.39 is 26.1 Å². The summed E-state index contributed by atoms with van der Waals surface area (Å²) in [4.78, 5) is 3.36. The van der Waals surface area contributed by atoms with Gasteiger partial charge in [-0.15, -0.1) is 0 Å². The Balaban J connectivity index is 3.56. The summed E-state index contributed by atoms with van der Waals surface area (Å²) in [5, 5.41) is -0.889. The number of pyridine rings is 1. The maximum Gasteiger partial charge on any atom is 0.279 e. The van der Waals surface area contributed by atoms with Crippen molar-refractivity contribution in [3.63, 3.8) is 0 Å². The highest BCUT2D eigenvalue weighted by Crippen LogP contribution is 2.31. The van der Waals surface area contributed by atoms with Crippen molar-refractivity contribution in [2.75, 3.05) is 5.73 Å². The van der Waals surface area contributed by atoms with Crippen LogP contribution in [0.1, 0.15) is 12.0 Å². The van der Waals surface area contributed by atoms with Crippen molar-refractivity contribution in [2.24, 2.45) is 0 Å². The van der Waals surface area contributed by atoms with Crippen molar-refractivity contribution >= 4 is 41.4 Å². The molecule has 0 aliphatic carbocycles. The average Bonchev–Trinajstić information content (AvgIpc) is 2.06. The van der Waals surface area contributed by atoms with Gasteiger partial charge in [0.1, 0.15) is 4.60 Å². The lowest BCUT2D eigenvalue weighted by Gasteiger charge is -2.07. The van der Waals surface area contributed by atoms with Crippen molar-refractivity contribution in [2.45, 2.75) is 11.5 Å². The summed E-state index contributed by atoms with van der Waals surface area (Å²) < 4.78 is 46.7. The summed E-state index contributed by atoms with van der Waals surface area (Å²) in [7, 11) is 0.625. The van der Waals surface area contributed by atoms with E-state index in [4.69, 9.17) is 16.4 Å². The topological polar surface area (TPSA) is 73.1 Å². The molecule has 1 rings (SSSR count). The molecule has 0 fully saturated rings. The molecule has 9 heteroatoms. The van der Waals surface area contributed by atoms with E-state index >= 15 is 0 Å². The standard InChI is InChI=1S/C6H4BrClF2N2O2S/c7-4-3(11)1-2(5(9)10)6(12-4)15(8,13)14/h1,5H,11H2. The lowest BCUT2D eigenvalue weighted by Crippen LogP contribution is -2.05. The molecule has 0 atom stereocenters. The minimum Gasteiger partial charge on any atom is -0.397 e. The molecule has 0 saturated heterocycles. The molecule has 0 bridgehead atoms. The number of rotatable bonds is 2. The van der Waals surface area contributed by atoms with Crippen LogP contribution in [0, 0.1) is 0 Å². The third-order valence-electron chi connectivity index (χ3n) is 1.46. The molecule has 0 aliphatic heterocycles. The monoisotopic (exact) mass is 320 g/mol. The number of nitrogens with zero attached hydrogens (tertiary/aromatic N) is 1. The van der Waals surface area contributed by atoms with Gasteiger partial charge < -0.3 is 5.73 Å². The molecule has 0 amide bonds. The number of nitrogen functional groups attached to an aromatic ring is 1. The molecule has 0 radical (unpaired) electrons. The van der Waals surface area contributed by atoms with E-state index in [9.17, 15) is 17.2 Å². The van der Waals surface area contributed by atoms with E-state index in [2.05, 4.69) is 20.9 Å². The Labute approximate surface area is 97.0 Å². The van der Waals surface area contributed by atoms with Crippen LogP contribution in [0.2, 0.25) is 0 Å². The molecule has 84 valence electrons. The largest absolute Gasteiger partial charge is 0.397 e. The highest BCUT2D eigenvalue weighted by molar-refractivity contribution is 9.10. The smallest absolute Gasteiger partial charge is 0.279 e. The van der Waals surface area contributed by atoms with Gasteiger partial charge >= 0.3 is 0 Å². The van der Waals surface area contributed by atoms with Gasteiger partial charge in [-0.05, 0) is 22.0 Å². The second kappa shape index (κ2) is 4.18. The molecule has 1 heterocycles. The zero-order chi connectivity index (χ0) is 11.8. The molecule has 4 nitrogen and oxygen atoms in total. The number of hydrogen-bond acceptors (Lipinski definition) is 4. The van der Waals surface area contributed by atoms with Crippen molar-refractivity contribution in [3.8, 4) is 0 Å². The van der Waals surface area contributed by atoms with Gasteiger partial charge in [0.2, 0.25) is 0 Å². The SMILES string of the molecule is Nc1cc(C(F)F)c(S(=O)(=O)Cl)nc1Br. The van der Waals surface area contributed by atoms with Crippen molar-refractivity contribution in [3.05, 3.63) is 16.2 Å². The van der Waals surface area contributed by atoms with Gasteiger partial charge in [-0.2, -0.15) is 0 Å². The number of anilines is 1. The first-order valence-electron chi connectivity index (χ1n) is 3.42. The second-order valence-electron chi connectivity index (χ2n) is 2.50. The first kappa shape index (κ1) is 12.6. The van der Waals surface area contributed by atoms with Gasteiger partial charge in [-0.3, -0.25) is 0 Å². The summed E-state index contributed by atoms with van der Waals surface area (Å²) in [5.74, 6) is 0. The Morgan fingerprint density at radius 1 is 1.53 bits per heavy atom. The first-order valence-corrected chi connectivity index (χ1v) is 6.52. The summed E-state index contributed by atoms with van der Waals surface area (Å²) >= 11 is 2.82. The molecular weight excluding hydrogens is 317 g/mol. The normalized spacial score (nSPS) is 12.1. The highest BCUT2D eigenvalue weighted by Gasteiger charge is 2.25. The lowest BCUT2D eigenvalue weighted by molar-refractivity contribution is 0.147. The molecule has 15 heavy (non-hydrogen) atoms. The number of halogens is 4. The van der Waals surface area contributed by atoms with Crippen LogP contribution < -0.4 is 5.73 Å². The predicted molar refractivity (Wildman–Crippen MR) is 54.3 cm³/mol. The van der Waals surface area contributed by atoms with Gasteiger partial charge in [0.25, 0.3) is 15.5 Å². The van der Waals surface area contributed by atoms with E-state index in [1.54, 1.807) is 0 Å². The Morgan fingerprint density at radius 3 is 2.47 bits per heavy atom. The fourth-order valence-corrected chi connectivity index (χ4v) is 2.27. The summed E-state index contributed by atoms with van der Waals surface area (Å²) in [6, 6.07) is 0.816. The Morgan fingerprint density at radius 2 is 2.07 bits per heavy atom. The molecule has 0 unspecified atom stereocenters. The Kier molecular flexibility index (Phi) is 3.51. The molecule has 0 aromatic carbocycles. The summed E-state index contributed by atoms with van der Waals surface area (Å²) in [6.07, 6.45) is -3.02. The molecule has 2 N–H and O–H groups in total. The summed E-state index contributed by atoms with van der Waals surface area (Å²) in [6.45, 7) is 0. The van der Waals surface area contributed by atoms with Crippen LogP contribution in [-0.2, 0) is 9.05 Å². The molecule has 1 aromatic heterocycles. The molecule has 0 saturated carbocycles. The average molecular weight is 322 g/mol. The van der Waals surface area contributed by atoms with Gasteiger partial charge in [0.05, 0.1) is 11.3 Å². The van der Waals surface area contributed by atoms with E-state index in [1.807, 2.05) is 0 Å². The van der Waals surface area contributed by atoms with Crippen molar-refractivity contribution in [1.29, 1.82) is 0 Å². The van der Waals surface area contributed by atoms with E-state index in [1.165, 1.54) is 0 Å². The quantitative estimate of drug-likeness (QED) is 0.670. The zero-order valence-electron chi connectivity index (χ0n) is 6.92. The van der Waals surface area contributed by atoms with Crippen LogP contribution in [0.3, 0.4) is 0 Å². The molecule has 0 aliphatic rings. The van der Waals surface area contributed by atoms with Crippen LogP contribution in [0.5, 0.6) is 0 Å². The third kappa shape index (κ3) is 2.76. The zero-order valence-corrected chi connectivity index (χ0v) is 10.1. The van der Waals surface area contributed by atoms with E-state index in [0.717, 1.165) is 6.07 Å². The van der Waals surface area contributed by atoms with Crippen LogP contribution in [0.25, 0.3) is 0 Å². The Hall–Kier alpha value is -0.470. The van der Waals surface area contributed by atoms with Gasteiger partial charge in [-0.25, -0.2) is 22.2 Å². The Bertz CT molecular complexity index is 494. The number of alkyl halides is 2. The van der Waals surface area contributed by atoms with Gasteiger partial charge in [0.15, 0.2) is 5.03 Å². The molecule has 1 aromatic rings. The van der Waals surface area contributed by atoms with Crippen LogP contribution >= 0.6 is 26.6 Å². The summed E-state index contributed by atoms with van der Waals surface area (Å²) in [5.41, 5.74) is 4.39. The first-order chi connectivity index (χ1) is 6.73. The highest BCUT2D eigenvalue weighted by atomic mass is 79.9. The fourth-order valence-electron chi connectivity index (χ4n) is 0.859. The maximum atomic E-state index is 12.4. The van der Waals surface area contributed by atoms with Crippen LogP contribution in [0.4, 0.5) is 14.5 Å². The minimum atomic E-state index is -4.32. The number of hydrogen-bond donors (Lipinski definition) is 1. The lowest BCUT2D eigenvalue weighted by atomic mass is 10.3. The second-order valence-corrected chi connectivity index (χ2v) is 5.73. The van der Waals surface area contributed by atoms with Crippen molar-refractivity contribution in [1.82, 2.24) is 4.98 Å². The maximum absolute atomic E-state index is 12.4. The molecule has 0 spiro atoms. The minimum absolute atomic E-state index is 0.0499. The van der Waals surface area contributed by atoms with Gasteiger partial charge in [-0.1, -0.05) is 0 Å². The fraction of sp³-hybridized carbons (Fsp3) is 0.167. The van der Waals surface area contributed by atoms with Gasteiger partial charge in [0, 0.05) is 10.7 Å². The number of nitrogens with two attached hydrogens (primary N) is 1. The van der Waals surface area contributed by atoms with E-state index in [0.29, 0.717) is 0 Å². The van der Waals surface area contributed by atoms with Crippen LogP contribution in [0.15, 0.2) is 15.7 Å². The van der Waals surface area contributed by atoms with Crippen molar-refractivity contribution < 1.29 is 17.2 Å². The predicted octanol–water partition coefficient (Wildman–Crippen LogP) is 2.29. The third-order valence-corrected chi connectivity index (χ3v) is 3.32. The number of aromatic nitrogens is 1. The molecular formula is C6H4BrClF2N2O2S.